The first-order valence-corrected chi connectivity index (χ1v) is 7.31. The lowest BCUT2D eigenvalue weighted by molar-refractivity contribution is 0.0960. The second kappa shape index (κ2) is 6.70. The zero-order chi connectivity index (χ0) is 16.3. The third-order valence-corrected chi connectivity index (χ3v) is 3.72. The second-order valence-electron chi connectivity index (χ2n) is 4.64. The molecule has 0 bridgehead atoms. The number of benzene rings is 2. The molecule has 0 saturated heterocycles. The molecule has 4 nitrogen and oxygen atoms in total. The molecular weight excluding hydrogens is 351 g/mol. The second-order valence-corrected chi connectivity index (χ2v) is 5.55. The topological polar surface area (TPSA) is 58.2 Å². The van der Waals surface area contributed by atoms with Gasteiger partial charge in [0, 0.05) is 22.8 Å². The Labute approximate surface area is 135 Å². The van der Waals surface area contributed by atoms with Gasteiger partial charge in [-0.3, -0.25) is 9.59 Å². The molecule has 0 aliphatic heterocycles. The van der Waals surface area contributed by atoms with Crippen molar-refractivity contribution in [3.8, 4) is 0 Å². The van der Waals surface area contributed by atoms with Crippen molar-refractivity contribution in [2.24, 2.45) is 0 Å². The lowest BCUT2D eigenvalue weighted by Crippen LogP contribution is -2.20. The van der Waals surface area contributed by atoms with Crippen LogP contribution in [-0.2, 0) is 0 Å². The van der Waals surface area contributed by atoms with Crippen LogP contribution in [0.2, 0.25) is 0 Å². The zero-order valence-corrected chi connectivity index (χ0v) is 13.6. The Kier molecular flexibility index (Phi) is 4.92. The van der Waals surface area contributed by atoms with Gasteiger partial charge in [0.1, 0.15) is 5.82 Å². The SMILES string of the molecule is CNC(=O)c1cccc(NC(=O)c2cc(Br)ccc2F)c1C. The Morgan fingerprint density at radius 3 is 2.50 bits per heavy atom. The minimum absolute atomic E-state index is 0.0703. The lowest BCUT2D eigenvalue weighted by Gasteiger charge is -2.12. The summed E-state index contributed by atoms with van der Waals surface area (Å²) in [5.74, 6) is -1.43. The maximum atomic E-state index is 13.7. The number of hydrogen-bond acceptors (Lipinski definition) is 2. The van der Waals surface area contributed by atoms with Crippen molar-refractivity contribution >= 4 is 33.4 Å². The fourth-order valence-corrected chi connectivity index (χ4v) is 2.37. The summed E-state index contributed by atoms with van der Waals surface area (Å²) in [5.41, 5.74) is 1.46. The average Bonchev–Trinajstić information content (AvgIpc) is 2.51. The average molecular weight is 365 g/mol. The third kappa shape index (κ3) is 3.33. The predicted molar refractivity (Wildman–Crippen MR) is 86.6 cm³/mol. The predicted octanol–water partition coefficient (Wildman–Crippen LogP) is 3.51. The van der Waals surface area contributed by atoms with Gasteiger partial charge in [-0.1, -0.05) is 22.0 Å². The van der Waals surface area contributed by atoms with Crippen molar-refractivity contribution < 1.29 is 14.0 Å². The number of carbonyl (C=O) groups excluding carboxylic acids is 2. The van der Waals surface area contributed by atoms with E-state index in [1.54, 1.807) is 25.1 Å². The number of carbonyl (C=O) groups is 2. The molecule has 0 fully saturated rings. The Balaban J connectivity index is 2.33. The van der Waals surface area contributed by atoms with Gasteiger partial charge in [-0.25, -0.2) is 4.39 Å². The highest BCUT2D eigenvalue weighted by atomic mass is 79.9. The first-order chi connectivity index (χ1) is 10.4. The maximum Gasteiger partial charge on any atom is 0.258 e. The monoisotopic (exact) mass is 364 g/mol. The van der Waals surface area contributed by atoms with E-state index in [1.807, 2.05) is 0 Å². The molecule has 2 amide bonds. The molecule has 0 heterocycles. The molecule has 0 aliphatic rings. The molecule has 2 aromatic carbocycles. The van der Waals surface area contributed by atoms with E-state index in [9.17, 15) is 14.0 Å². The van der Waals surface area contributed by atoms with E-state index < -0.39 is 11.7 Å². The Morgan fingerprint density at radius 1 is 1.09 bits per heavy atom. The highest BCUT2D eigenvalue weighted by molar-refractivity contribution is 9.10. The molecule has 0 aliphatic carbocycles. The first-order valence-electron chi connectivity index (χ1n) is 6.52. The van der Waals surface area contributed by atoms with Gasteiger partial charge in [0.25, 0.3) is 11.8 Å². The molecule has 2 aromatic rings. The normalized spacial score (nSPS) is 10.2. The highest BCUT2D eigenvalue weighted by Crippen LogP contribution is 2.21. The minimum Gasteiger partial charge on any atom is -0.355 e. The van der Waals surface area contributed by atoms with Crippen molar-refractivity contribution in [1.82, 2.24) is 5.32 Å². The van der Waals surface area contributed by atoms with E-state index in [0.29, 0.717) is 21.3 Å². The summed E-state index contributed by atoms with van der Waals surface area (Å²) >= 11 is 3.20. The summed E-state index contributed by atoms with van der Waals surface area (Å²) in [6.07, 6.45) is 0. The summed E-state index contributed by atoms with van der Waals surface area (Å²) in [4.78, 5) is 24.0. The van der Waals surface area contributed by atoms with Crippen LogP contribution in [0.1, 0.15) is 26.3 Å². The standard InChI is InChI=1S/C16H14BrFN2O2/c1-9-11(15(21)19-2)4-3-5-14(9)20-16(22)12-8-10(17)6-7-13(12)18/h3-8H,1-2H3,(H,19,21)(H,20,22). The minimum atomic E-state index is -0.610. The van der Waals surface area contributed by atoms with Crippen LogP contribution in [0.4, 0.5) is 10.1 Å². The van der Waals surface area contributed by atoms with Crippen molar-refractivity contribution in [2.45, 2.75) is 6.92 Å². The number of rotatable bonds is 3. The van der Waals surface area contributed by atoms with Gasteiger partial charge in [-0.05, 0) is 42.8 Å². The van der Waals surface area contributed by atoms with Gasteiger partial charge in [0.15, 0.2) is 0 Å². The molecule has 0 atom stereocenters. The van der Waals surface area contributed by atoms with Crippen LogP contribution in [0.15, 0.2) is 40.9 Å². The fourth-order valence-electron chi connectivity index (χ4n) is 2.01. The van der Waals surface area contributed by atoms with E-state index in [4.69, 9.17) is 0 Å². The van der Waals surface area contributed by atoms with E-state index in [1.165, 1.54) is 25.2 Å². The molecule has 0 spiro atoms. The Hall–Kier alpha value is -2.21. The van der Waals surface area contributed by atoms with Crippen LogP contribution in [0.5, 0.6) is 0 Å². The van der Waals surface area contributed by atoms with Crippen LogP contribution in [0.3, 0.4) is 0 Å². The molecule has 2 N–H and O–H groups in total. The first kappa shape index (κ1) is 16.2. The molecule has 0 radical (unpaired) electrons. The summed E-state index contributed by atoms with van der Waals surface area (Å²) in [7, 11) is 1.53. The Bertz CT molecular complexity index is 747. The zero-order valence-electron chi connectivity index (χ0n) is 12.0. The smallest absolute Gasteiger partial charge is 0.258 e. The molecule has 6 heteroatoms. The van der Waals surface area contributed by atoms with Crippen LogP contribution in [0.25, 0.3) is 0 Å². The number of halogens is 2. The highest BCUT2D eigenvalue weighted by Gasteiger charge is 2.15. The molecule has 0 saturated carbocycles. The van der Waals surface area contributed by atoms with Gasteiger partial charge in [-0.15, -0.1) is 0 Å². The van der Waals surface area contributed by atoms with E-state index in [0.717, 1.165) is 0 Å². The largest absolute Gasteiger partial charge is 0.355 e. The lowest BCUT2D eigenvalue weighted by atomic mass is 10.1. The number of amides is 2. The van der Waals surface area contributed by atoms with Crippen LogP contribution in [-0.4, -0.2) is 18.9 Å². The van der Waals surface area contributed by atoms with Crippen molar-refractivity contribution in [3.05, 3.63) is 63.4 Å². The van der Waals surface area contributed by atoms with Gasteiger partial charge in [0.05, 0.1) is 5.56 Å². The number of hydrogen-bond donors (Lipinski definition) is 2. The van der Waals surface area contributed by atoms with Crippen molar-refractivity contribution in [1.29, 1.82) is 0 Å². The number of nitrogens with one attached hydrogen (secondary N) is 2. The molecule has 22 heavy (non-hydrogen) atoms. The molecule has 114 valence electrons. The van der Waals surface area contributed by atoms with Crippen LogP contribution in [0, 0.1) is 12.7 Å². The van der Waals surface area contributed by atoms with E-state index >= 15 is 0 Å². The van der Waals surface area contributed by atoms with Crippen molar-refractivity contribution in [2.75, 3.05) is 12.4 Å². The fraction of sp³-hybridized carbons (Fsp3) is 0.125. The quantitative estimate of drug-likeness (QED) is 0.875. The third-order valence-electron chi connectivity index (χ3n) is 3.23. The summed E-state index contributed by atoms with van der Waals surface area (Å²) in [6.45, 7) is 1.72. The molecule has 2 rings (SSSR count). The van der Waals surface area contributed by atoms with Gasteiger partial charge >= 0.3 is 0 Å². The number of anilines is 1. The summed E-state index contributed by atoms with van der Waals surface area (Å²) < 4.78 is 14.3. The summed E-state index contributed by atoms with van der Waals surface area (Å²) in [5, 5.41) is 5.17. The van der Waals surface area contributed by atoms with Gasteiger partial charge in [-0.2, -0.15) is 0 Å². The Morgan fingerprint density at radius 2 is 1.82 bits per heavy atom. The van der Waals surface area contributed by atoms with E-state index in [2.05, 4.69) is 26.6 Å². The summed E-state index contributed by atoms with van der Waals surface area (Å²) in [6, 6.07) is 9.11. The maximum absolute atomic E-state index is 13.7. The van der Waals surface area contributed by atoms with Gasteiger partial charge in [0.2, 0.25) is 0 Å². The van der Waals surface area contributed by atoms with Crippen LogP contribution < -0.4 is 10.6 Å². The molecule has 0 aromatic heterocycles. The van der Waals surface area contributed by atoms with E-state index in [-0.39, 0.29) is 11.5 Å². The molecule has 0 unspecified atom stereocenters. The van der Waals surface area contributed by atoms with Crippen molar-refractivity contribution in [3.63, 3.8) is 0 Å². The van der Waals surface area contributed by atoms with Crippen LogP contribution >= 0.6 is 15.9 Å². The van der Waals surface area contributed by atoms with Gasteiger partial charge < -0.3 is 10.6 Å². The molecular formula is C16H14BrFN2O2.